The minimum absolute atomic E-state index is 0.276. The zero-order valence-electron chi connectivity index (χ0n) is 14.9. The number of nitrogens with zero attached hydrogens (tertiary/aromatic N) is 1. The molecule has 0 saturated carbocycles. The van der Waals surface area contributed by atoms with E-state index in [1.807, 2.05) is 30.1 Å². The lowest BCUT2D eigenvalue weighted by Crippen LogP contribution is -2.22. The van der Waals surface area contributed by atoms with E-state index in [0.29, 0.717) is 39.6 Å². The summed E-state index contributed by atoms with van der Waals surface area (Å²) < 4.78 is 31.0. The molecule has 136 valence electrons. The third-order valence-corrected chi connectivity index (χ3v) is 6.21. The van der Waals surface area contributed by atoms with Gasteiger partial charge in [0.15, 0.2) is 0 Å². The van der Waals surface area contributed by atoms with Gasteiger partial charge in [0, 0.05) is 12.6 Å². The summed E-state index contributed by atoms with van der Waals surface area (Å²) in [6.07, 6.45) is 1.24. The van der Waals surface area contributed by atoms with Crippen LogP contribution in [0.5, 0.6) is 0 Å². The number of ether oxygens (including phenoxy) is 1. The summed E-state index contributed by atoms with van der Waals surface area (Å²) in [6.45, 7) is 5.41. The van der Waals surface area contributed by atoms with Crippen molar-refractivity contribution in [2.75, 3.05) is 18.6 Å². The molecule has 0 aliphatic carbocycles. The number of benzene rings is 2. The lowest BCUT2D eigenvalue weighted by Gasteiger charge is -2.30. The normalized spacial score (nSPS) is 14.3. The summed E-state index contributed by atoms with van der Waals surface area (Å²) in [5.41, 5.74) is 2.61. The highest BCUT2D eigenvalue weighted by atomic mass is 32.2. The fourth-order valence-electron chi connectivity index (χ4n) is 2.98. The quantitative estimate of drug-likeness (QED) is 0.456. The molecule has 0 spiro atoms. The van der Waals surface area contributed by atoms with Crippen molar-refractivity contribution in [3.05, 3.63) is 60.2 Å². The standard InChI is InChI=1S/C20H21NO4S/c1-14(2)20(22)25-12-6-7-15-10-11-17-19(13-15)26(23,24)18-9-5-4-8-16(18)21(17)3/h4-5,8-11,13H,1,6-7,12H2,2-3H3. The van der Waals surface area contributed by atoms with Crippen molar-refractivity contribution in [3.8, 4) is 0 Å². The summed E-state index contributed by atoms with van der Waals surface area (Å²) in [6, 6.07) is 12.5. The molecule has 1 heterocycles. The van der Waals surface area contributed by atoms with Crippen molar-refractivity contribution in [1.29, 1.82) is 0 Å². The highest BCUT2D eigenvalue weighted by Gasteiger charge is 2.32. The van der Waals surface area contributed by atoms with E-state index in [4.69, 9.17) is 4.74 Å². The predicted molar refractivity (Wildman–Crippen MR) is 100 cm³/mol. The first-order valence-electron chi connectivity index (χ1n) is 8.36. The Morgan fingerprint density at radius 3 is 2.54 bits per heavy atom. The van der Waals surface area contributed by atoms with E-state index in [0.717, 1.165) is 5.56 Å². The van der Waals surface area contributed by atoms with Crippen molar-refractivity contribution >= 4 is 27.2 Å². The van der Waals surface area contributed by atoms with Gasteiger partial charge in [-0.2, -0.15) is 0 Å². The maximum atomic E-state index is 13.0. The third kappa shape index (κ3) is 3.24. The van der Waals surface area contributed by atoms with Gasteiger partial charge in [-0.1, -0.05) is 24.8 Å². The minimum atomic E-state index is -3.55. The fourth-order valence-corrected chi connectivity index (χ4v) is 4.74. The zero-order chi connectivity index (χ0) is 18.9. The van der Waals surface area contributed by atoms with Gasteiger partial charge in [-0.25, -0.2) is 13.2 Å². The molecule has 0 atom stereocenters. The number of para-hydroxylation sites is 1. The topological polar surface area (TPSA) is 63.7 Å². The highest BCUT2D eigenvalue weighted by molar-refractivity contribution is 7.92. The Labute approximate surface area is 153 Å². The number of carbonyl (C=O) groups excluding carboxylic acids is 1. The van der Waals surface area contributed by atoms with E-state index in [1.165, 1.54) is 0 Å². The van der Waals surface area contributed by atoms with Crippen LogP contribution in [0.25, 0.3) is 0 Å². The molecule has 0 aromatic heterocycles. The van der Waals surface area contributed by atoms with Crippen LogP contribution in [0.2, 0.25) is 0 Å². The first-order valence-corrected chi connectivity index (χ1v) is 9.84. The summed E-state index contributed by atoms with van der Waals surface area (Å²) in [5.74, 6) is -0.406. The molecule has 0 fully saturated rings. The van der Waals surface area contributed by atoms with Crippen molar-refractivity contribution < 1.29 is 17.9 Å². The van der Waals surface area contributed by atoms with Crippen LogP contribution in [0.15, 0.2) is 64.4 Å². The van der Waals surface area contributed by atoms with Crippen LogP contribution in [0.3, 0.4) is 0 Å². The van der Waals surface area contributed by atoms with Crippen LogP contribution in [0, 0.1) is 0 Å². The molecule has 0 saturated heterocycles. The molecular weight excluding hydrogens is 350 g/mol. The van der Waals surface area contributed by atoms with Crippen LogP contribution in [-0.4, -0.2) is 28.0 Å². The van der Waals surface area contributed by atoms with Gasteiger partial charge in [-0.05, 0) is 49.6 Å². The highest BCUT2D eigenvalue weighted by Crippen LogP contribution is 2.43. The van der Waals surface area contributed by atoms with Crippen molar-refractivity contribution in [2.45, 2.75) is 29.6 Å². The first kappa shape index (κ1) is 18.2. The second-order valence-electron chi connectivity index (χ2n) is 6.35. The van der Waals surface area contributed by atoms with Crippen LogP contribution in [0.1, 0.15) is 18.9 Å². The number of hydrogen-bond acceptors (Lipinski definition) is 5. The fraction of sp³-hybridized carbons (Fsp3) is 0.250. The molecule has 2 aromatic rings. The predicted octanol–water partition coefficient (Wildman–Crippen LogP) is 3.65. The molecule has 0 bridgehead atoms. The van der Waals surface area contributed by atoms with Crippen molar-refractivity contribution in [2.24, 2.45) is 0 Å². The molecule has 0 amide bonds. The summed E-state index contributed by atoms with van der Waals surface area (Å²) in [7, 11) is -1.69. The van der Waals surface area contributed by atoms with Crippen LogP contribution >= 0.6 is 0 Å². The molecule has 5 nitrogen and oxygen atoms in total. The lowest BCUT2D eigenvalue weighted by molar-refractivity contribution is -0.139. The van der Waals surface area contributed by atoms with Gasteiger partial charge in [-0.3, -0.25) is 0 Å². The summed E-state index contributed by atoms with van der Waals surface area (Å²) in [4.78, 5) is 13.9. The van der Waals surface area contributed by atoms with Crippen LogP contribution < -0.4 is 4.90 Å². The molecule has 1 aliphatic heterocycles. The molecule has 1 aliphatic rings. The summed E-state index contributed by atoms with van der Waals surface area (Å²) in [5, 5.41) is 0. The molecule has 6 heteroatoms. The molecular formula is C20H21NO4S. The molecule has 0 radical (unpaired) electrons. The van der Waals surface area contributed by atoms with E-state index in [-0.39, 0.29) is 6.61 Å². The maximum absolute atomic E-state index is 13.0. The average Bonchev–Trinajstić information content (AvgIpc) is 2.63. The Hall–Kier alpha value is -2.60. The Morgan fingerprint density at radius 2 is 1.81 bits per heavy atom. The van der Waals surface area contributed by atoms with E-state index >= 15 is 0 Å². The smallest absolute Gasteiger partial charge is 0.333 e. The number of sulfone groups is 1. The number of carbonyl (C=O) groups is 1. The van der Waals surface area contributed by atoms with Crippen LogP contribution in [-0.2, 0) is 25.8 Å². The second kappa shape index (κ2) is 6.96. The van der Waals surface area contributed by atoms with Gasteiger partial charge in [0.1, 0.15) is 0 Å². The molecule has 0 N–H and O–H groups in total. The Balaban J connectivity index is 1.81. The number of anilines is 2. The maximum Gasteiger partial charge on any atom is 0.333 e. The SMILES string of the molecule is C=C(C)C(=O)OCCCc1ccc2c(c1)S(=O)(=O)c1ccccc1N2C. The van der Waals surface area contributed by atoms with Crippen molar-refractivity contribution in [3.63, 3.8) is 0 Å². The molecule has 3 rings (SSSR count). The Morgan fingerprint density at radius 1 is 1.12 bits per heavy atom. The lowest BCUT2D eigenvalue weighted by atomic mass is 10.1. The second-order valence-corrected chi connectivity index (χ2v) is 8.24. The van der Waals surface area contributed by atoms with Gasteiger partial charge in [0.05, 0.1) is 27.8 Å². The zero-order valence-corrected chi connectivity index (χ0v) is 15.7. The number of esters is 1. The average molecular weight is 371 g/mol. The van der Waals surface area contributed by atoms with E-state index in [9.17, 15) is 13.2 Å². The van der Waals surface area contributed by atoms with Crippen LogP contribution in [0.4, 0.5) is 11.4 Å². The van der Waals surface area contributed by atoms with E-state index in [1.54, 1.807) is 31.2 Å². The van der Waals surface area contributed by atoms with Gasteiger partial charge in [0.25, 0.3) is 0 Å². The molecule has 0 unspecified atom stereocenters. The molecule has 26 heavy (non-hydrogen) atoms. The minimum Gasteiger partial charge on any atom is -0.462 e. The number of fused-ring (bicyclic) bond motifs is 2. The van der Waals surface area contributed by atoms with Crippen molar-refractivity contribution in [1.82, 2.24) is 0 Å². The van der Waals surface area contributed by atoms with Gasteiger partial charge in [-0.15, -0.1) is 0 Å². The third-order valence-electron chi connectivity index (χ3n) is 4.38. The first-order chi connectivity index (χ1) is 12.3. The largest absolute Gasteiger partial charge is 0.462 e. The monoisotopic (exact) mass is 371 g/mol. The summed E-state index contributed by atoms with van der Waals surface area (Å²) >= 11 is 0. The van der Waals surface area contributed by atoms with E-state index in [2.05, 4.69) is 6.58 Å². The van der Waals surface area contributed by atoms with E-state index < -0.39 is 15.8 Å². The number of hydrogen-bond donors (Lipinski definition) is 0. The number of rotatable bonds is 5. The number of aryl methyl sites for hydroxylation is 1. The van der Waals surface area contributed by atoms with Gasteiger partial charge in [0.2, 0.25) is 9.84 Å². The van der Waals surface area contributed by atoms with Gasteiger partial charge < -0.3 is 9.64 Å². The Kier molecular flexibility index (Phi) is 4.87. The van der Waals surface area contributed by atoms with Gasteiger partial charge >= 0.3 is 5.97 Å². The Bertz CT molecular complexity index is 979. The molecule has 2 aromatic carbocycles.